The van der Waals surface area contributed by atoms with E-state index < -0.39 is 11.9 Å². The molecule has 1 aliphatic heterocycles. The average molecular weight is 324 g/mol. The molecule has 23 heavy (non-hydrogen) atoms. The molecule has 2 atom stereocenters. The van der Waals surface area contributed by atoms with Crippen LogP contribution in [-0.2, 0) is 14.4 Å². The summed E-state index contributed by atoms with van der Waals surface area (Å²) in [6.07, 6.45) is 4.49. The van der Waals surface area contributed by atoms with Crippen molar-refractivity contribution in [2.75, 3.05) is 13.1 Å². The predicted molar refractivity (Wildman–Crippen MR) is 85.7 cm³/mol. The number of rotatable bonds is 6. The second kappa shape index (κ2) is 7.79. The topological polar surface area (TPSA) is 86.7 Å². The zero-order valence-electron chi connectivity index (χ0n) is 14.1. The van der Waals surface area contributed by atoms with Gasteiger partial charge in [0.05, 0.1) is 11.8 Å². The molecule has 1 saturated carbocycles. The Morgan fingerprint density at radius 2 is 1.61 bits per heavy atom. The summed E-state index contributed by atoms with van der Waals surface area (Å²) in [5.41, 5.74) is 0. The van der Waals surface area contributed by atoms with E-state index in [2.05, 4.69) is 5.32 Å². The molecule has 0 spiro atoms. The molecule has 2 fully saturated rings. The number of carbonyl (C=O) groups excluding carboxylic acids is 2. The van der Waals surface area contributed by atoms with E-state index in [9.17, 15) is 14.4 Å². The molecule has 2 aliphatic rings. The maximum Gasteiger partial charge on any atom is 0.307 e. The molecule has 1 saturated heterocycles. The summed E-state index contributed by atoms with van der Waals surface area (Å²) >= 11 is 0. The van der Waals surface area contributed by atoms with Gasteiger partial charge in [-0.2, -0.15) is 0 Å². The van der Waals surface area contributed by atoms with E-state index in [0.717, 1.165) is 25.7 Å². The zero-order valence-corrected chi connectivity index (χ0v) is 14.1. The second-order valence-electron chi connectivity index (χ2n) is 6.75. The Morgan fingerprint density at radius 1 is 1.04 bits per heavy atom. The van der Waals surface area contributed by atoms with E-state index in [0.29, 0.717) is 25.9 Å². The van der Waals surface area contributed by atoms with Crippen LogP contribution in [0.1, 0.15) is 52.4 Å². The van der Waals surface area contributed by atoms with E-state index in [1.807, 2.05) is 18.7 Å². The standard InChI is InChI=1S/C17H28N2O4/c1-3-11(4-2)16(21)19-9-7-12(8-10-19)18-15(20)13-5-6-14(13)17(22)23/h11-14H,3-10H2,1-2H3,(H,18,20)(H,22,23). The third-order valence-electron chi connectivity index (χ3n) is 5.42. The van der Waals surface area contributed by atoms with Crippen LogP contribution in [0.4, 0.5) is 0 Å². The minimum atomic E-state index is -0.873. The Hall–Kier alpha value is -1.59. The highest BCUT2D eigenvalue weighted by molar-refractivity contribution is 5.86. The van der Waals surface area contributed by atoms with Crippen LogP contribution in [0.5, 0.6) is 0 Å². The molecular weight excluding hydrogens is 296 g/mol. The molecule has 6 nitrogen and oxygen atoms in total. The van der Waals surface area contributed by atoms with Gasteiger partial charge in [0.15, 0.2) is 0 Å². The van der Waals surface area contributed by atoms with Gasteiger partial charge in [-0.25, -0.2) is 0 Å². The third kappa shape index (κ3) is 4.03. The van der Waals surface area contributed by atoms with Crippen molar-refractivity contribution < 1.29 is 19.5 Å². The summed E-state index contributed by atoms with van der Waals surface area (Å²) in [6, 6.07) is 0.0586. The van der Waals surface area contributed by atoms with Gasteiger partial charge in [0, 0.05) is 25.0 Å². The summed E-state index contributed by atoms with van der Waals surface area (Å²) in [4.78, 5) is 37.4. The number of piperidine rings is 1. The number of hydrogen-bond donors (Lipinski definition) is 2. The van der Waals surface area contributed by atoms with Crippen LogP contribution in [0.25, 0.3) is 0 Å². The first-order chi connectivity index (χ1) is 11.0. The van der Waals surface area contributed by atoms with Crippen LogP contribution in [-0.4, -0.2) is 46.9 Å². The Kier molecular flexibility index (Phi) is 6.02. The number of likely N-dealkylation sites (tertiary alicyclic amines) is 1. The van der Waals surface area contributed by atoms with Crippen molar-refractivity contribution >= 4 is 17.8 Å². The minimum absolute atomic E-state index is 0.0586. The van der Waals surface area contributed by atoms with Crippen molar-refractivity contribution in [2.45, 2.75) is 58.4 Å². The van der Waals surface area contributed by atoms with Crippen molar-refractivity contribution in [1.29, 1.82) is 0 Å². The van der Waals surface area contributed by atoms with E-state index in [4.69, 9.17) is 5.11 Å². The lowest BCUT2D eigenvalue weighted by Crippen LogP contribution is -2.51. The van der Waals surface area contributed by atoms with E-state index in [1.165, 1.54) is 0 Å². The van der Waals surface area contributed by atoms with E-state index in [1.54, 1.807) is 0 Å². The van der Waals surface area contributed by atoms with E-state index in [-0.39, 0.29) is 29.7 Å². The van der Waals surface area contributed by atoms with Gasteiger partial charge in [-0.15, -0.1) is 0 Å². The quantitative estimate of drug-likeness (QED) is 0.777. The number of amides is 2. The van der Waals surface area contributed by atoms with Crippen LogP contribution in [0.15, 0.2) is 0 Å². The fourth-order valence-corrected chi connectivity index (χ4v) is 3.56. The molecule has 0 radical (unpaired) electrons. The second-order valence-corrected chi connectivity index (χ2v) is 6.75. The Morgan fingerprint density at radius 3 is 2.04 bits per heavy atom. The number of nitrogens with zero attached hydrogens (tertiary/aromatic N) is 1. The van der Waals surface area contributed by atoms with Crippen LogP contribution in [0, 0.1) is 17.8 Å². The summed E-state index contributed by atoms with van der Waals surface area (Å²) in [7, 11) is 0. The fourth-order valence-electron chi connectivity index (χ4n) is 3.56. The first-order valence-corrected chi connectivity index (χ1v) is 8.79. The Labute approximate surface area is 137 Å². The van der Waals surface area contributed by atoms with Crippen molar-refractivity contribution in [3.63, 3.8) is 0 Å². The number of carboxylic acids is 1. The van der Waals surface area contributed by atoms with Gasteiger partial charge in [0.1, 0.15) is 0 Å². The highest BCUT2D eigenvalue weighted by Gasteiger charge is 2.42. The third-order valence-corrected chi connectivity index (χ3v) is 5.42. The molecule has 0 aromatic rings. The number of nitrogens with one attached hydrogen (secondary N) is 1. The summed E-state index contributed by atoms with van der Waals surface area (Å²) in [6.45, 7) is 5.42. The molecular formula is C17H28N2O4. The highest BCUT2D eigenvalue weighted by Crippen LogP contribution is 2.34. The number of hydrogen-bond acceptors (Lipinski definition) is 3. The smallest absolute Gasteiger partial charge is 0.307 e. The highest BCUT2D eigenvalue weighted by atomic mass is 16.4. The first-order valence-electron chi connectivity index (χ1n) is 8.79. The van der Waals surface area contributed by atoms with Crippen molar-refractivity contribution in [3.05, 3.63) is 0 Å². The maximum absolute atomic E-state index is 12.3. The zero-order chi connectivity index (χ0) is 17.0. The Balaban J connectivity index is 1.77. The average Bonchev–Trinajstić information content (AvgIpc) is 2.47. The van der Waals surface area contributed by atoms with Crippen molar-refractivity contribution in [3.8, 4) is 0 Å². The first kappa shape index (κ1) is 17.8. The Bertz CT molecular complexity index is 454. The summed E-state index contributed by atoms with van der Waals surface area (Å²) in [5.74, 6) is -1.57. The molecule has 2 N–H and O–H groups in total. The lowest BCUT2D eigenvalue weighted by Gasteiger charge is -2.37. The van der Waals surface area contributed by atoms with E-state index >= 15 is 0 Å². The van der Waals surface area contributed by atoms with Crippen LogP contribution < -0.4 is 5.32 Å². The van der Waals surface area contributed by atoms with Crippen LogP contribution in [0.3, 0.4) is 0 Å². The van der Waals surface area contributed by atoms with Gasteiger partial charge in [0.25, 0.3) is 0 Å². The van der Waals surface area contributed by atoms with Gasteiger partial charge >= 0.3 is 5.97 Å². The van der Waals surface area contributed by atoms with Gasteiger partial charge in [-0.1, -0.05) is 13.8 Å². The predicted octanol–water partition coefficient (Wildman–Crippen LogP) is 1.64. The number of carbonyl (C=O) groups is 3. The summed E-state index contributed by atoms with van der Waals surface area (Å²) < 4.78 is 0. The molecule has 2 rings (SSSR count). The number of aliphatic carboxylic acids is 1. The normalized spacial score (nSPS) is 25.1. The van der Waals surface area contributed by atoms with Gasteiger partial charge < -0.3 is 15.3 Å². The molecule has 0 aromatic heterocycles. The molecule has 0 aromatic carbocycles. The molecule has 2 amide bonds. The van der Waals surface area contributed by atoms with Crippen molar-refractivity contribution in [1.82, 2.24) is 10.2 Å². The summed E-state index contributed by atoms with van der Waals surface area (Å²) in [5, 5.41) is 12.0. The molecule has 6 heteroatoms. The minimum Gasteiger partial charge on any atom is -0.481 e. The van der Waals surface area contributed by atoms with Crippen LogP contribution >= 0.6 is 0 Å². The lowest BCUT2D eigenvalue weighted by atomic mass is 9.73. The number of carboxylic acid groups (broad SMARTS) is 1. The maximum atomic E-state index is 12.3. The molecule has 0 bridgehead atoms. The van der Waals surface area contributed by atoms with Gasteiger partial charge in [0.2, 0.25) is 11.8 Å². The van der Waals surface area contributed by atoms with Gasteiger partial charge in [-0.3, -0.25) is 14.4 Å². The monoisotopic (exact) mass is 324 g/mol. The van der Waals surface area contributed by atoms with Gasteiger partial charge in [-0.05, 0) is 38.5 Å². The molecule has 1 aliphatic carbocycles. The fraction of sp³-hybridized carbons (Fsp3) is 0.824. The SMILES string of the molecule is CCC(CC)C(=O)N1CCC(NC(=O)C2CCC2C(=O)O)CC1. The van der Waals surface area contributed by atoms with Crippen molar-refractivity contribution in [2.24, 2.45) is 17.8 Å². The largest absolute Gasteiger partial charge is 0.481 e. The lowest BCUT2D eigenvalue weighted by molar-refractivity contribution is -0.153. The molecule has 130 valence electrons. The molecule has 1 heterocycles. The molecule has 2 unspecified atom stereocenters. The van der Waals surface area contributed by atoms with Crippen LogP contribution in [0.2, 0.25) is 0 Å².